The van der Waals surface area contributed by atoms with E-state index in [4.69, 9.17) is 4.74 Å². The Morgan fingerprint density at radius 3 is 2.08 bits per heavy atom. The summed E-state index contributed by atoms with van der Waals surface area (Å²) in [4.78, 5) is 38.6. The number of hydrogen-bond donors (Lipinski definition) is 4. The molecule has 1 unspecified atom stereocenters. The molecular weight excluding hydrogens is 458 g/mol. The maximum atomic E-state index is 13.3. The van der Waals surface area contributed by atoms with Gasteiger partial charge >= 0.3 is 6.09 Å². The molecule has 4 N–H and O–H groups in total. The molecule has 2 aromatic rings. The molecule has 0 spiro atoms. The maximum Gasteiger partial charge on any atom is 0.408 e. The first-order chi connectivity index (χ1) is 16.8. The normalized spacial score (nSPS) is 14.9. The number of amides is 3. The van der Waals surface area contributed by atoms with E-state index in [0.29, 0.717) is 0 Å². The molecule has 194 valence electrons. The highest BCUT2D eigenvalue weighted by Crippen LogP contribution is 2.23. The predicted octanol–water partition coefficient (Wildman–Crippen LogP) is 3.23. The van der Waals surface area contributed by atoms with E-state index in [1.807, 2.05) is 26.0 Å². The Kier molecular flexibility index (Phi) is 8.28. The zero-order valence-electron chi connectivity index (χ0n) is 21.9. The van der Waals surface area contributed by atoms with Crippen molar-refractivity contribution < 1.29 is 24.2 Å². The molecule has 0 saturated heterocycles. The average Bonchev–Trinajstić information content (AvgIpc) is 3.16. The summed E-state index contributed by atoms with van der Waals surface area (Å²) in [6.45, 7) is 10.5. The van der Waals surface area contributed by atoms with E-state index in [2.05, 4.69) is 28.1 Å². The number of fused-ring (bicyclic) bond motifs is 1. The Labute approximate surface area is 212 Å². The Hall–Kier alpha value is -3.55. The molecule has 0 bridgehead atoms. The standard InChI is InChI=1S/C28H37N3O5/c1-16-11-22(32)12-17(2)23(16)15-24(31-27(35)36-28(4,5)6)26(34)29-18(3)25(33)30-21-13-19-9-7-8-10-20(19)14-21/h7-12,18,21,24,32H,13-15H2,1-6H3,(H,29,34)(H,30,33)(H,31,35)/t18-,24?/m1/s1. The van der Waals surface area contributed by atoms with Gasteiger partial charge in [0.2, 0.25) is 11.8 Å². The third kappa shape index (κ3) is 7.23. The number of carbonyl (C=O) groups excluding carboxylic acids is 3. The van der Waals surface area contributed by atoms with Crippen LogP contribution in [0.1, 0.15) is 55.5 Å². The van der Waals surface area contributed by atoms with Crippen LogP contribution in [0.4, 0.5) is 4.79 Å². The van der Waals surface area contributed by atoms with Crippen molar-refractivity contribution in [2.45, 2.75) is 84.5 Å². The number of rotatable bonds is 7. The number of aryl methyl sites for hydroxylation is 2. The molecule has 3 rings (SSSR count). The Balaban J connectivity index is 1.68. The number of hydrogen-bond acceptors (Lipinski definition) is 5. The molecule has 2 aromatic carbocycles. The third-order valence-corrected chi connectivity index (χ3v) is 6.25. The van der Waals surface area contributed by atoms with E-state index in [1.165, 1.54) is 11.1 Å². The van der Waals surface area contributed by atoms with Crippen LogP contribution < -0.4 is 16.0 Å². The lowest BCUT2D eigenvalue weighted by atomic mass is 9.95. The fourth-order valence-corrected chi connectivity index (χ4v) is 4.52. The summed E-state index contributed by atoms with van der Waals surface area (Å²) >= 11 is 0. The first kappa shape index (κ1) is 27.0. The molecule has 0 heterocycles. The highest BCUT2D eigenvalue weighted by Gasteiger charge is 2.29. The van der Waals surface area contributed by atoms with Crippen LogP contribution in [0.2, 0.25) is 0 Å². The van der Waals surface area contributed by atoms with Gasteiger partial charge in [-0.05, 0) is 94.3 Å². The molecule has 1 aliphatic carbocycles. The molecule has 36 heavy (non-hydrogen) atoms. The summed E-state index contributed by atoms with van der Waals surface area (Å²) < 4.78 is 5.36. The second-order valence-corrected chi connectivity index (χ2v) is 10.6. The van der Waals surface area contributed by atoms with E-state index in [0.717, 1.165) is 29.5 Å². The predicted molar refractivity (Wildman–Crippen MR) is 138 cm³/mol. The fourth-order valence-electron chi connectivity index (χ4n) is 4.52. The van der Waals surface area contributed by atoms with Gasteiger partial charge in [0.15, 0.2) is 0 Å². The zero-order chi connectivity index (χ0) is 26.6. The summed E-state index contributed by atoms with van der Waals surface area (Å²) in [5.41, 5.74) is 4.12. The van der Waals surface area contributed by atoms with Crippen LogP contribution in [0.5, 0.6) is 5.75 Å². The SMILES string of the molecule is Cc1cc(O)cc(C)c1CC(NC(=O)OC(C)(C)C)C(=O)N[C@H](C)C(=O)NC1Cc2ccccc2C1. The summed E-state index contributed by atoms with van der Waals surface area (Å²) in [5, 5.41) is 18.3. The maximum absolute atomic E-state index is 13.3. The van der Waals surface area contributed by atoms with Gasteiger partial charge in [-0.2, -0.15) is 0 Å². The van der Waals surface area contributed by atoms with Gasteiger partial charge in [0.1, 0.15) is 23.4 Å². The van der Waals surface area contributed by atoms with Crippen LogP contribution in [-0.2, 0) is 33.6 Å². The van der Waals surface area contributed by atoms with E-state index >= 15 is 0 Å². The van der Waals surface area contributed by atoms with Crippen LogP contribution in [0, 0.1) is 13.8 Å². The summed E-state index contributed by atoms with van der Waals surface area (Å²) in [5.74, 6) is -0.645. The highest BCUT2D eigenvalue weighted by atomic mass is 16.6. The minimum atomic E-state index is -0.979. The summed E-state index contributed by atoms with van der Waals surface area (Å²) in [7, 11) is 0. The lowest BCUT2D eigenvalue weighted by molar-refractivity contribution is -0.130. The van der Waals surface area contributed by atoms with Crippen molar-refractivity contribution in [3.8, 4) is 5.75 Å². The molecule has 0 fully saturated rings. The third-order valence-electron chi connectivity index (χ3n) is 6.25. The van der Waals surface area contributed by atoms with Gasteiger partial charge in [-0.1, -0.05) is 24.3 Å². The van der Waals surface area contributed by atoms with Gasteiger partial charge in [-0.3, -0.25) is 9.59 Å². The quantitative estimate of drug-likeness (QED) is 0.471. The van der Waals surface area contributed by atoms with Crippen LogP contribution in [0.25, 0.3) is 0 Å². The smallest absolute Gasteiger partial charge is 0.408 e. The zero-order valence-corrected chi connectivity index (χ0v) is 21.9. The molecule has 0 saturated carbocycles. The summed E-state index contributed by atoms with van der Waals surface area (Å²) in [6, 6.07) is 9.52. The number of carbonyl (C=O) groups is 3. The molecule has 8 nitrogen and oxygen atoms in total. The summed E-state index contributed by atoms with van der Waals surface area (Å²) in [6.07, 6.45) is 0.961. The van der Waals surface area contributed by atoms with Crippen molar-refractivity contribution in [2.75, 3.05) is 0 Å². The highest BCUT2D eigenvalue weighted by molar-refractivity contribution is 5.91. The number of ether oxygens (including phenoxy) is 1. The molecule has 3 amide bonds. The fraction of sp³-hybridized carbons (Fsp3) is 0.464. The van der Waals surface area contributed by atoms with Crippen molar-refractivity contribution >= 4 is 17.9 Å². The van der Waals surface area contributed by atoms with Crippen LogP contribution in [0.3, 0.4) is 0 Å². The van der Waals surface area contributed by atoms with Gasteiger partial charge in [0, 0.05) is 12.5 Å². The van der Waals surface area contributed by atoms with E-state index in [9.17, 15) is 19.5 Å². The van der Waals surface area contributed by atoms with Crippen molar-refractivity contribution in [2.24, 2.45) is 0 Å². The topological polar surface area (TPSA) is 117 Å². The lowest BCUT2D eigenvalue weighted by Crippen LogP contribution is -2.55. The number of phenols is 1. The molecule has 0 aromatic heterocycles. The van der Waals surface area contributed by atoms with E-state index in [1.54, 1.807) is 39.8 Å². The van der Waals surface area contributed by atoms with Crippen molar-refractivity contribution in [1.82, 2.24) is 16.0 Å². The number of benzene rings is 2. The van der Waals surface area contributed by atoms with Gasteiger partial charge in [0.25, 0.3) is 0 Å². The number of nitrogens with one attached hydrogen (secondary N) is 3. The van der Waals surface area contributed by atoms with E-state index in [-0.39, 0.29) is 24.1 Å². The van der Waals surface area contributed by atoms with Crippen molar-refractivity contribution in [3.63, 3.8) is 0 Å². The Morgan fingerprint density at radius 1 is 1.00 bits per heavy atom. The minimum absolute atomic E-state index is 0.0211. The molecule has 1 aliphatic rings. The first-order valence-corrected chi connectivity index (χ1v) is 12.3. The number of alkyl carbamates (subject to hydrolysis) is 1. The van der Waals surface area contributed by atoms with Gasteiger partial charge in [-0.25, -0.2) is 4.79 Å². The van der Waals surface area contributed by atoms with Crippen LogP contribution >= 0.6 is 0 Å². The monoisotopic (exact) mass is 495 g/mol. The Morgan fingerprint density at radius 2 is 1.56 bits per heavy atom. The van der Waals surface area contributed by atoms with Crippen LogP contribution in [0.15, 0.2) is 36.4 Å². The van der Waals surface area contributed by atoms with Gasteiger partial charge in [0.05, 0.1) is 0 Å². The molecular formula is C28H37N3O5. The molecule has 8 heteroatoms. The lowest BCUT2D eigenvalue weighted by Gasteiger charge is -2.25. The number of phenolic OH excluding ortho intramolecular Hbond substituents is 1. The molecule has 0 aliphatic heterocycles. The minimum Gasteiger partial charge on any atom is -0.508 e. The second kappa shape index (κ2) is 11.0. The molecule has 2 atom stereocenters. The van der Waals surface area contributed by atoms with Gasteiger partial charge < -0.3 is 25.8 Å². The largest absolute Gasteiger partial charge is 0.508 e. The number of aromatic hydroxyl groups is 1. The molecule has 0 radical (unpaired) electrons. The Bertz CT molecular complexity index is 1090. The van der Waals surface area contributed by atoms with Gasteiger partial charge in [-0.15, -0.1) is 0 Å². The van der Waals surface area contributed by atoms with Crippen LogP contribution in [-0.4, -0.2) is 46.7 Å². The van der Waals surface area contributed by atoms with Crippen molar-refractivity contribution in [3.05, 3.63) is 64.2 Å². The van der Waals surface area contributed by atoms with E-state index < -0.39 is 29.7 Å². The second-order valence-electron chi connectivity index (χ2n) is 10.6. The van der Waals surface area contributed by atoms with Crippen molar-refractivity contribution in [1.29, 1.82) is 0 Å². The average molecular weight is 496 g/mol. The first-order valence-electron chi connectivity index (χ1n) is 12.3.